The summed E-state index contributed by atoms with van der Waals surface area (Å²) in [6.07, 6.45) is 3.60. The van der Waals surface area contributed by atoms with Crippen LogP contribution in [0.3, 0.4) is 0 Å². The summed E-state index contributed by atoms with van der Waals surface area (Å²) in [5.41, 5.74) is 5.25. The maximum atomic E-state index is 10.7. The molecule has 4 N–H and O–H groups in total. The van der Waals surface area contributed by atoms with Gasteiger partial charge in [-0.2, -0.15) is 0 Å². The summed E-state index contributed by atoms with van der Waals surface area (Å²) in [7, 11) is -3.39. The zero-order valence-corrected chi connectivity index (χ0v) is 8.46. The van der Waals surface area contributed by atoms with Crippen molar-refractivity contribution in [3.63, 3.8) is 0 Å². The Morgan fingerprint density at radius 3 is 2.00 bits per heavy atom. The van der Waals surface area contributed by atoms with E-state index in [1.54, 1.807) is 0 Å². The number of primary sulfonamides is 1. The van der Waals surface area contributed by atoms with Crippen molar-refractivity contribution in [2.75, 3.05) is 5.75 Å². The molecule has 1 fully saturated rings. The molecule has 1 rings (SSSR count). The van der Waals surface area contributed by atoms with Crippen molar-refractivity contribution in [3.05, 3.63) is 0 Å². The molecule has 0 saturated heterocycles. The third-order valence-electron chi connectivity index (χ3n) is 2.09. The SMILES string of the molecule is Cl.NC1(CS(N)(=O)=O)CCCC1. The van der Waals surface area contributed by atoms with Gasteiger partial charge in [0.15, 0.2) is 0 Å². The Hall–Kier alpha value is 0.160. The van der Waals surface area contributed by atoms with Crippen LogP contribution >= 0.6 is 12.4 Å². The van der Waals surface area contributed by atoms with Gasteiger partial charge in [-0.3, -0.25) is 0 Å². The van der Waals surface area contributed by atoms with E-state index >= 15 is 0 Å². The van der Waals surface area contributed by atoms with Crippen molar-refractivity contribution in [1.29, 1.82) is 0 Å². The van der Waals surface area contributed by atoms with Gasteiger partial charge in [0.1, 0.15) is 0 Å². The van der Waals surface area contributed by atoms with Gasteiger partial charge in [-0.15, -0.1) is 12.4 Å². The largest absolute Gasteiger partial charge is 0.324 e. The van der Waals surface area contributed by atoms with Crippen LogP contribution in [0.25, 0.3) is 0 Å². The van der Waals surface area contributed by atoms with Crippen LogP contribution in [0.1, 0.15) is 25.7 Å². The summed E-state index contributed by atoms with van der Waals surface area (Å²) >= 11 is 0. The third-order valence-corrected chi connectivity index (χ3v) is 3.07. The average Bonchev–Trinajstić information content (AvgIpc) is 2.09. The van der Waals surface area contributed by atoms with E-state index in [-0.39, 0.29) is 18.2 Å². The van der Waals surface area contributed by atoms with Crippen molar-refractivity contribution < 1.29 is 8.42 Å². The molecule has 6 heteroatoms. The molecule has 74 valence electrons. The van der Waals surface area contributed by atoms with E-state index in [1.807, 2.05) is 0 Å². The summed E-state index contributed by atoms with van der Waals surface area (Å²) in [6, 6.07) is 0. The maximum absolute atomic E-state index is 10.7. The maximum Gasteiger partial charge on any atom is 0.210 e. The first-order valence-electron chi connectivity index (χ1n) is 3.71. The zero-order chi connectivity index (χ0) is 8.54. The number of hydrogen-bond donors (Lipinski definition) is 2. The van der Waals surface area contributed by atoms with Crippen molar-refractivity contribution in [1.82, 2.24) is 0 Å². The molecule has 0 spiro atoms. The predicted molar refractivity (Wildman–Crippen MR) is 50.6 cm³/mol. The van der Waals surface area contributed by atoms with Crippen LogP contribution in [0.4, 0.5) is 0 Å². The van der Waals surface area contributed by atoms with Crippen LogP contribution in [0.2, 0.25) is 0 Å². The van der Waals surface area contributed by atoms with Crippen LogP contribution in [0.5, 0.6) is 0 Å². The van der Waals surface area contributed by atoms with Gasteiger partial charge in [0.2, 0.25) is 10.0 Å². The molecule has 0 aliphatic heterocycles. The fourth-order valence-corrected chi connectivity index (χ4v) is 2.71. The zero-order valence-electron chi connectivity index (χ0n) is 6.82. The van der Waals surface area contributed by atoms with E-state index in [9.17, 15) is 8.42 Å². The fourth-order valence-electron chi connectivity index (χ4n) is 1.62. The van der Waals surface area contributed by atoms with E-state index in [4.69, 9.17) is 10.9 Å². The number of hydrogen-bond acceptors (Lipinski definition) is 3. The topological polar surface area (TPSA) is 86.2 Å². The second kappa shape index (κ2) is 3.91. The first-order chi connectivity index (χ1) is 4.91. The van der Waals surface area contributed by atoms with Crippen molar-refractivity contribution in [2.24, 2.45) is 10.9 Å². The lowest BCUT2D eigenvalue weighted by Gasteiger charge is -2.21. The predicted octanol–water partition coefficient (Wildman–Crippen LogP) is -0.0318. The molecule has 1 aliphatic rings. The van der Waals surface area contributed by atoms with Gasteiger partial charge in [0.05, 0.1) is 5.75 Å². The molecule has 0 aromatic rings. The smallest absolute Gasteiger partial charge is 0.210 e. The molecule has 1 aliphatic carbocycles. The minimum absolute atomic E-state index is 0. The average molecular weight is 215 g/mol. The van der Waals surface area contributed by atoms with Gasteiger partial charge in [0.25, 0.3) is 0 Å². The molecule has 4 nitrogen and oxygen atoms in total. The first kappa shape index (κ1) is 12.2. The molecule has 0 bridgehead atoms. The van der Waals surface area contributed by atoms with Gasteiger partial charge in [-0.1, -0.05) is 12.8 Å². The van der Waals surface area contributed by atoms with Crippen LogP contribution < -0.4 is 10.9 Å². The van der Waals surface area contributed by atoms with Crippen LogP contribution in [0, 0.1) is 0 Å². The Kier molecular flexibility index (Phi) is 3.96. The normalized spacial score (nSPS) is 21.8. The van der Waals surface area contributed by atoms with Gasteiger partial charge in [-0.05, 0) is 12.8 Å². The standard InChI is InChI=1S/C6H14N2O2S.ClH/c7-6(3-1-2-4-6)5-11(8,9)10;/h1-5,7H2,(H2,8,9,10);1H. The summed E-state index contributed by atoms with van der Waals surface area (Å²) < 4.78 is 21.4. The number of rotatable bonds is 2. The summed E-state index contributed by atoms with van der Waals surface area (Å²) in [5, 5.41) is 4.89. The molecule has 0 radical (unpaired) electrons. The Bertz CT molecular complexity index is 234. The van der Waals surface area contributed by atoms with E-state index in [2.05, 4.69) is 0 Å². The number of halogens is 1. The van der Waals surface area contributed by atoms with Crippen LogP contribution in [-0.2, 0) is 10.0 Å². The Balaban J connectivity index is 0.00000121. The first-order valence-corrected chi connectivity index (χ1v) is 5.42. The van der Waals surface area contributed by atoms with E-state index < -0.39 is 15.6 Å². The number of nitrogens with two attached hydrogens (primary N) is 2. The second-order valence-electron chi connectivity index (χ2n) is 3.38. The quantitative estimate of drug-likeness (QED) is 0.677. The third kappa shape index (κ3) is 3.71. The Labute approximate surface area is 79.2 Å². The highest BCUT2D eigenvalue weighted by Crippen LogP contribution is 2.27. The summed E-state index contributed by atoms with van der Waals surface area (Å²) in [6.45, 7) is 0. The van der Waals surface area contributed by atoms with Gasteiger partial charge in [0, 0.05) is 5.54 Å². The second-order valence-corrected chi connectivity index (χ2v) is 4.99. The summed E-state index contributed by atoms with van der Waals surface area (Å²) in [5.74, 6) is -0.0694. The monoisotopic (exact) mass is 214 g/mol. The Morgan fingerprint density at radius 2 is 1.67 bits per heavy atom. The van der Waals surface area contributed by atoms with Crippen LogP contribution in [0.15, 0.2) is 0 Å². The molecular weight excluding hydrogens is 200 g/mol. The lowest BCUT2D eigenvalue weighted by molar-refractivity contribution is 0.479. The van der Waals surface area contributed by atoms with Crippen molar-refractivity contribution >= 4 is 22.4 Å². The molecule has 0 atom stereocenters. The molecule has 0 unspecified atom stereocenters. The molecule has 0 aromatic heterocycles. The highest BCUT2D eigenvalue weighted by atomic mass is 35.5. The van der Waals surface area contributed by atoms with E-state index in [1.165, 1.54) is 0 Å². The molecule has 0 aromatic carbocycles. The van der Waals surface area contributed by atoms with Gasteiger partial charge < -0.3 is 5.73 Å². The molecule has 0 heterocycles. The molecule has 1 saturated carbocycles. The highest BCUT2D eigenvalue weighted by molar-refractivity contribution is 7.89. The molecule has 0 amide bonds. The van der Waals surface area contributed by atoms with Crippen molar-refractivity contribution in [3.8, 4) is 0 Å². The van der Waals surface area contributed by atoms with E-state index in [0.29, 0.717) is 0 Å². The van der Waals surface area contributed by atoms with Crippen LogP contribution in [-0.4, -0.2) is 19.7 Å². The minimum atomic E-state index is -3.39. The van der Waals surface area contributed by atoms with Crippen molar-refractivity contribution in [2.45, 2.75) is 31.2 Å². The lowest BCUT2D eigenvalue weighted by Crippen LogP contribution is -2.45. The lowest BCUT2D eigenvalue weighted by atomic mass is 10.0. The highest BCUT2D eigenvalue weighted by Gasteiger charge is 2.32. The Morgan fingerprint density at radius 1 is 1.25 bits per heavy atom. The molecular formula is C6H15ClN2O2S. The molecule has 12 heavy (non-hydrogen) atoms. The fraction of sp³-hybridized carbons (Fsp3) is 1.00. The summed E-state index contributed by atoms with van der Waals surface area (Å²) in [4.78, 5) is 0. The van der Waals surface area contributed by atoms with E-state index in [0.717, 1.165) is 25.7 Å². The van der Waals surface area contributed by atoms with Gasteiger partial charge in [-0.25, -0.2) is 13.6 Å². The van der Waals surface area contributed by atoms with Gasteiger partial charge >= 0.3 is 0 Å². The number of sulfonamides is 1. The minimum Gasteiger partial charge on any atom is -0.324 e.